The second kappa shape index (κ2) is 12.7. The Balaban J connectivity index is 0.00000320. The molecule has 1 amide bonds. The summed E-state index contributed by atoms with van der Waals surface area (Å²) >= 11 is 6.19. The molecule has 6 nitrogen and oxygen atoms in total. The van der Waals surface area contributed by atoms with Crippen molar-refractivity contribution in [1.29, 1.82) is 0 Å². The minimum atomic E-state index is -0.0800. The molecule has 2 fully saturated rings. The second-order valence-corrected chi connectivity index (χ2v) is 8.51. The Morgan fingerprint density at radius 3 is 2.73 bits per heavy atom. The van der Waals surface area contributed by atoms with Crippen LogP contribution < -0.4 is 16.0 Å². The van der Waals surface area contributed by atoms with E-state index in [2.05, 4.69) is 32.8 Å². The molecule has 3 N–H and O–H groups in total. The molecule has 8 heteroatoms. The zero-order chi connectivity index (χ0) is 20.6. The highest BCUT2D eigenvalue weighted by Gasteiger charge is 2.30. The molecule has 1 aromatic rings. The third kappa shape index (κ3) is 7.57. The lowest BCUT2D eigenvalue weighted by molar-refractivity contribution is -0.116. The Morgan fingerprint density at radius 2 is 2.03 bits per heavy atom. The van der Waals surface area contributed by atoms with Gasteiger partial charge in [-0.1, -0.05) is 30.5 Å². The van der Waals surface area contributed by atoms with E-state index < -0.39 is 0 Å². The lowest BCUT2D eigenvalue weighted by Gasteiger charge is -2.24. The summed E-state index contributed by atoms with van der Waals surface area (Å²) in [7, 11) is 0. The van der Waals surface area contributed by atoms with Gasteiger partial charge in [0.15, 0.2) is 5.96 Å². The molecular formula is C22H35ClIN5O. The van der Waals surface area contributed by atoms with E-state index >= 15 is 0 Å². The van der Waals surface area contributed by atoms with Crippen molar-refractivity contribution < 1.29 is 4.79 Å². The van der Waals surface area contributed by atoms with E-state index in [1.54, 1.807) is 0 Å². The number of nitrogens with zero attached hydrogens (tertiary/aromatic N) is 2. The van der Waals surface area contributed by atoms with Gasteiger partial charge in [-0.15, -0.1) is 24.0 Å². The predicted molar refractivity (Wildman–Crippen MR) is 136 cm³/mol. The minimum Gasteiger partial charge on any atom is -0.357 e. The minimum absolute atomic E-state index is 0. The largest absolute Gasteiger partial charge is 0.357 e. The maximum absolute atomic E-state index is 12.2. The Kier molecular flexibility index (Phi) is 10.7. The Labute approximate surface area is 202 Å². The first-order chi connectivity index (χ1) is 14.0. The first-order valence-corrected chi connectivity index (χ1v) is 11.3. The fraction of sp³-hybridized carbons (Fsp3) is 0.636. The number of halogens is 2. The number of likely N-dealkylation sites (tertiary alicyclic amines) is 1. The summed E-state index contributed by atoms with van der Waals surface area (Å²) in [4.78, 5) is 19.5. The van der Waals surface area contributed by atoms with Gasteiger partial charge in [0.2, 0.25) is 5.91 Å². The van der Waals surface area contributed by atoms with Crippen molar-refractivity contribution in [2.24, 2.45) is 4.99 Å². The number of hydrogen-bond donors (Lipinski definition) is 3. The topological polar surface area (TPSA) is 68.8 Å². The SMILES string of the molecule is CCNC(=NCCC(=O)Nc1ccc(C)cc1Cl)NC1CCN(C2CCCC2)C1.I. The molecule has 0 aromatic heterocycles. The van der Waals surface area contributed by atoms with Gasteiger partial charge in [0.05, 0.1) is 17.3 Å². The second-order valence-electron chi connectivity index (χ2n) is 8.11. The molecule has 1 unspecified atom stereocenters. The third-order valence-corrected chi connectivity index (χ3v) is 6.07. The molecule has 168 valence electrons. The normalized spacial score (nSPS) is 20.1. The molecule has 1 aliphatic heterocycles. The van der Waals surface area contributed by atoms with Crippen LogP contribution in [0.4, 0.5) is 5.69 Å². The maximum atomic E-state index is 12.2. The number of hydrogen-bond acceptors (Lipinski definition) is 3. The lowest BCUT2D eigenvalue weighted by Crippen LogP contribution is -2.45. The fourth-order valence-electron chi connectivity index (χ4n) is 4.22. The standard InChI is InChI=1S/C22H34ClN5O.HI/c1-3-24-22(26-17-11-13-28(15-17)18-6-4-5-7-18)25-12-10-21(29)27-20-9-8-16(2)14-19(20)23;/h8-9,14,17-18H,3-7,10-13,15H2,1-2H3,(H,27,29)(H2,24,25,26);1H. The molecule has 0 bridgehead atoms. The summed E-state index contributed by atoms with van der Waals surface area (Å²) < 4.78 is 0. The van der Waals surface area contributed by atoms with E-state index in [-0.39, 0.29) is 29.9 Å². The zero-order valence-electron chi connectivity index (χ0n) is 18.0. The third-order valence-electron chi connectivity index (χ3n) is 5.75. The molecule has 30 heavy (non-hydrogen) atoms. The molecule has 1 aliphatic carbocycles. The number of aliphatic imine (C=N–C) groups is 1. The van der Waals surface area contributed by atoms with Crippen molar-refractivity contribution in [3.8, 4) is 0 Å². The van der Waals surface area contributed by atoms with Crippen LogP contribution in [0.5, 0.6) is 0 Å². The molecule has 1 atom stereocenters. The van der Waals surface area contributed by atoms with Crippen LogP contribution in [0.1, 0.15) is 51.0 Å². The Morgan fingerprint density at radius 1 is 1.27 bits per heavy atom. The number of anilines is 1. The molecule has 0 radical (unpaired) electrons. The van der Waals surface area contributed by atoms with Gasteiger partial charge in [0.25, 0.3) is 0 Å². The van der Waals surface area contributed by atoms with Gasteiger partial charge in [-0.25, -0.2) is 0 Å². The fourth-order valence-corrected chi connectivity index (χ4v) is 4.51. The number of carbonyl (C=O) groups is 1. The zero-order valence-corrected chi connectivity index (χ0v) is 21.1. The van der Waals surface area contributed by atoms with Crippen LogP contribution in [-0.2, 0) is 4.79 Å². The average molecular weight is 548 g/mol. The molecular weight excluding hydrogens is 513 g/mol. The van der Waals surface area contributed by atoms with Gasteiger partial charge < -0.3 is 16.0 Å². The number of guanidine groups is 1. The van der Waals surface area contributed by atoms with Crippen molar-refractivity contribution >= 4 is 53.1 Å². The number of carbonyl (C=O) groups excluding carboxylic acids is 1. The smallest absolute Gasteiger partial charge is 0.226 e. The summed E-state index contributed by atoms with van der Waals surface area (Å²) in [6.07, 6.45) is 6.91. The van der Waals surface area contributed by atoms with Crippen LogP contribution in [0.15, 0.2) is 23.2 Å². The van der Waals surface area contributed by atoms with E-state index in [0.29, 0.717) is 29.7 Å². The van der Waals surface area contributed by atoms with Gasteiger partial charge in [-0.3, -0.25) is 14.7 Å². The van der Waals surface area contributed by atoms with Gasteiger partial charge >= 0.3 is 0 Å². The lowest BCUT2D eigenvalue weighted by atomic mass is 10.2. The van der Waals surface area contributed by atoms with E-state index in [1.165, 1.54) is 32.2 Å². The van der Waals surface area contributed by atoms with Crippen LogP contribution in [0.2, 0.25) is 5.02 Å². The number of rotatable bonds is 7. The molecule has 1 aromatic carbocycles. The van der Waals surface area contributed by atoms with E-state index in [9.17, 15) is 4.79 Å². The van der Waals surface area contributed by atoms with E-state index in [1.807, 2.05) is 25.1 Å². The highest BCUT2D eigenvalue weighted by molar-refractivity contribution is 14.0. The Bertz CT molecular complexity index is 723. The van der Waals surface area contributed by atoms with Gasteiger partial charge in [0.1, 0.15) is 0 Å². The predicted octanol–water partition coefficient (Wildman–Crippen LogP) is 4.17. The van der Waals surface area contributed by atoms with Crippen LogP contribution in [0.3, 0.4) is 0 Å². The number of nitrogens with one attached hydrogen (secondary N) is 3. The van der Waals surface area contributed by atoms with E-state index in [4.69, 9.17) is 11.6 Å². The molecule has 1 heterocycles. The van der Waals surface area contributed by atoms with Gasteiger partial charge in [-0.05, 0) is 50.8 Å². The molecule has 1 saturated carbocycles. The molecule has 3 rings (SSSR count). The number of benzene rings is 1. The molecule has 0 spiro atoms. The highest BCUT2D eigenvalue weighted by atomic mass is 127. The van der Waals surface area contributed by atoms with E-state index in [0.717, 1.165) is 37.1 Å². The molecule has 2 aliphatic rings. The molecule has 1 saturated heterocycles. The van der Waals surface area contributed by atoms with Crippen molar-refractivity contribution in [2.75, 3.05) is 31.5 Å². The van der Waals surface area contributed by atoms with Crippen molar-refractivity contribution in [2.45, 2.75) is 64.5 Å². The maximum Gasteiger partial charge on any atom is 0.226 e. The number of aryl methyl sites for hydroxylation is 1. The monoisotopic (exact) mass is 547 g/mol. The first kappa shape index (κ1) is 25.2. The summed E-state index contributed by atoms with van der Waals surface area (Å²) in [5.74, 6) is 0.718. The summed E-state index contributed by atoms with van der Waals surface area (Å²) in [6, 6.07) is 6.82. The summed E-state index contributed by atoms with van der Waals surface area (Å²) in [6.45, 7) is 7.52. The number of amides is 1. The Hall–Kier alpha value is -1.06. The van der Waals surface area contributed by atoms with Crippen molar-refractivity contribution in [3.05, 3.63) is 28.8 Å². The van der Waals surface area contributed by atoms with Gasteiger partial charge in [-0.2, -0.15) is 0 Å². The average Bonchev–Trinajstić information content (AvgIpc) is 3.36. The summed E-state index contributed by atoms with van der Waals surface area (Å²) in [5, 5.41) is 10.3. The van der Waals surface area contributed by atoms with Crippen molar-refractivity contribution in [3.63, 3.8) is 0 Å². The van der Waals surface area contributed by atoms with Crippen LogP contribution in [0, 0.1) is 6.92 Å². The van der Waals surface area contributed by atoms with Crippen LogP contribution in [0.25, 0.3) is 0 Å². The van der Waals surface area contributed by atoms with Crippen LogP contribution in [-0.4, -0.2) is 55.0 Å². The van der Waals surface area contributed by atoms with Crippen LogP contribution >= 0.6 is 35.6 Å². The van der Waals surface area contributed by atoms with Crippen molar-refractivity contribution in [1.82, 2.24) is 15.5 Å². The highest BCUT2D eigenvalue weighted by Crippen LogP contribution is 2.26. The quantitative estimate of drug-likeness (QED) is 0.272. The van der Waals surface area contributed by atoms with Gasteiger partial charge in [0, 0.05) is 38.1 Å². The first-order valence-electron chi connectivity index (χ1n) is 10.9. The summed E-state index contributed by atoms with van der Waals surface area (Å²) in [5.41, 5.74) is 1.71.